The minimum Gasteiger partial charge on any atom is -0.496 e. The summed E-state index contributed by atoms with van der Waals surface area (Å²) in [4.78, 5) is 24.5. The second kappa shape index (κ2) is 10.3. The Labute approximate surface area is 166 Å². The normalized spacial score (nSPS) is 13.0. The molecular weight excluding hydrogens is 354 g/mol. The molecule has 0 bridgehead atoms. The molecule has 2 aromatic carbocycles. The number of methoxy groups -OCH3 is 1. The zero-order valence-electron chi connectivity index (χ0n) is 16.8. The average molecular weight is 381 g/mol. The first kappa shape index (κ1) is 21.2. The molecular formula is C23H27NO4. The summed E-state index contributed by atoms with van der Waals surface area (Å²) in [6.07, 6.45) is 2.93. The summed E-state index contributed by atoms with van der Waals surface area (Å²) in [6, 6.07) is 15.0. The van der Waals surface area contributed by atoms with Gasteiger partial charge in [0.2, 0.25) is 0 Å². The standard InChI is InChI=1S/C23H27NO4/c1-5-16(2)19-11-7-8-12-20(19)24-23(26)17(3)28-22(25)15-14-18-10-6-9-13-21(18)27-4/h6-17H,5H2,1-4H3,(H,24,26)/b15-14+/t16-,17-/m1/s1. The smallest absolute Gasteiger partial charge is 0.331 e. The third-order valence-corrected chi connectivity index (χ3v) is 4.56. The van der Waals surface area contributed by atoms with Gasteiger partial charge >= 0.3 is 5.97 Å². The van der Waals surface area contributed by atoms with Gasteiger partial charge in [0.05, 0.1) is 7.11 Å². The van der Waals surface area contributed by atoms with Crippen LogP contribution in [0, 0.1) is 0 Å². The predicted octanol–water partition coefficient (Wildman–Crippen LogP) is 4.79. The van der Waals surface area contributed by atoms with E-state index >= 15 is 0 Å². The van der Waals surface area contributed by atoms with Crippen molar-refractivity contribution in [1.82, 2.24) is 0 Å². The lowest BCUT2D eigenvalue weighted by molar-refractivity contribution is -0.148. The number of hydrogen-bond donors (Lipinski definition) is 1. The number of benzene rings is 2. The van der Waals surface area contributed by atoms with Crippen LogP contribution in [-0.4, -0.2) is 25.1 Å². The van der Waals surface area contributed by atoms with E-state index in [4.69, 9.17) is 9.47 Å². The molecule has 2 atom stereocenters. The van der Waals surface area contributed by atoms with E-state index in [2.05, 4.69) is 19.2 Å². The van der Waals surface area contributed by atoms with E-state index in [-0.39, 0.29) is 5.91 Å². The predicted molar refractivity (Wildman–Crippen MR) is 111 cm³/mol. The van der Waals surface area contributed by atoms with Crippen molar-refractivity contribution in [2.75, 3.05) is 12.4 Å². The summed E-state index contributed by atoms with van der Waals surface area (Å²) in [5.41, 5.74) is 2.56. The number of para-hydroxylation sites is 2. The first-order chi connectivity index (χ1) is 13.5. The summed E-state index contributed by atoms with van der Waals surface area (Å²) >= 11 is 0. The Hall–Kier alpha value is -3.08. The van der Waals surface area contributed by atoms with Crippen molar-refractivity contribution in [3.63, 3.8) is 0 Å². The van der Waals surface area contributed by atoms with Crippen molar-refractivity contribution in [3.05, 3.63) is 65.7 Å². The number of esters is 1. The topological polar surface area (TPSA) is 64.6 Å². The number of carbonyl (C=O) groups excluding carboxylic acids is 2. The van der Waals surface area contributed by atoms with Crippen LogP contribution in [0.1, 0.15) is 44.2 Å². The molecule has 5 nitrogen and oxygen atoms in total. The van der Waals surface area contributed by atoms with Crippen LogP contribution in [0.15, 0.2) is 54.6 Å². The molecule has 0 aliphatic rings. The maximum Gasteiger partial charge on any atom is 0.331 e. The minimum atomic E-state index is -0.917. The van der Waals surface area contributed by atoms with Crippen molar-refractivity contribution >= 4 is 23.6 Å². The Morgan fingerprint density at radius 3 is 2.46 bits per heavy atom. The van der Waals surface area contributed by atoms with E-state index in [1.807, 2.05) is 42.5 Å². The second-order valence-corrected chi connectivity index (χ2v) is 6.54. The van der Waals surface area contributed by atoms with Gasteiger partial charge in [0.15, 0.2) is 6.10 Å². The lowest BCUT2D eigenvalue weighted by Crippen LogP contribution is -2.29. The summed E-state index contributed by atoms with van der Waals surface area (Å²) < 4.78 is 10.5. The quantitative estimate of drug-likeness (QED) is 0.527. The van der Waals surface area contributed by atoms with Crippen LogP contribution >= 0.6 is 0 Å². The SMILES string of the molecule is CC[C@@H](C)c1ccccc1NC(=O)[C@@H](C)OC(=O)/C=C/c1ccccc1OC. The summed E-state index contributed by atoms with van der Waals surface area (Å²) in [5.74, 6) is 0.00990. The molecule has 0 radical (unpaired) electrons. The maximum absolute atomic E-state index is 12.5. The molecule has 0 unspecified atom stereocenters. The number of ether oxygens (including phenoxy) is 2. The highest BCUT2D eigenvalue weighted by atomic mass is 16.5. The minimum absolute atomic E-state index is 0.318. The fourth-order valence-corrected chi connectivity index (χ4v) is 2.72. The van der Waals surface area contributed by atoms with E-state index < -0.39 is 12.1 Å². The van der Waals surface area contributed by atoms with Gasteiger partial charge < -0.3 is 14.8 Å². The van der Waals surface area contributed by atoms with E-state index in [0.29, 0.717) is 11.7 Å². The number of hydrogen-bond acceptors (Lipinski definition) is 4. The van der Waals surface area contributed by atoms with Gasteiger partial charge in [-0.2, -0.15) is 0 Å². The Bertz CT molecular complexity index is 844. The first-order valence-electron chi connectivity index (χ1n) is 9.37. The highest BCUT2D eigenvalue weighted by molar-refractivity contribution is 5.97. The van der Waals surface area contributed by atoms with Crippen molar-refractivity contribution in [3.8, 4) is 5.75 Å². The average Bonchev–Trinajstić information content (AvgIpc) is 2.72. The Morgan fingerprint density at radius 2 is 1.75 bits per heavy atom. The molecule has 0 heterocycles. The van der Waals surface area contributed by atoms with Gasteiger partial charge in [-0.3, -0.25) is 4.79 Å². The zero-order chi connectivity index (χ0) is 20.5. The van der Waals surface area contributed by atoms with E-state index in [1.54, 1.807) is 26.2 Å². The fraction of sp³-hybridized carbons (Fsp3) is 0.304. The number of rotatable bonds is 8. The van der Waals surface area contributed by atoms with Crippen LogP contribution in [-0.2, 0) is 14.3 Å². The molecule has 0 saturated carbocycles. The molecule has 2 rings (SSSR count). The van der Waals surface area contributed by atoms with E-state index in [9.17, 15) is 9.59 Å². The maximum atomic E-state index is 12.5. The number of carbonyl (C=O) groups is 2. The molecule has 0 spiro atoms. The number of amides is 1. The van der Waals surface area contributed by atoms with Crippen molar-refractivity contribution < 1.29 is 19.1 Å². The van der Waals surface area contributed by atoms with Crippen molar-refractivity contribution in [2.24, 2.45) is 0 Å². The van der Waals surface area contributed by atoms with E-state index in [1.165, 1.54) is 6.08 Å². The molecule has 5 heteroatoms. The van der Waals surface area contributed by atoms with Crippen LogP contribution < -0.4 is 10.1 Å². The Balaban J connectivity index is 1.99. The molecule has 1 amide bonds. The fourth-order valence-electron chi connectivity index (χ4n) is 2.72. The van der Waals surface area contributed by atoms with Gasteiger partial charge in [0.25, 0.3) is 5.91 Å². The molecule has 0 aliphatic carbocycles. The molecule has 1 N–H and O–H groups in total. The lowest BCUT2D eigenvalue weighted by Gasteiger charge is -2.17. The molecule has 148 valence electrons. The van der Waals surface area contributed by atoms with Crippen LogP contribution in [0.2, 0.25) is 0 Å². The van der Waals surface area contributed by atoms with Gasteiger partial charge in [0.1, 0.15) is 5.75 Å². The van der Waals surface area contributed by atoms with Gasteiger partial charge in [-0.05, 0) is 43.0 Å². The molecule has 0 saturated heterocycles. The first-order valence-corrected chi connectivity index (χ1v) is 9.37. The van der Waals surface area contributed by atoms with Crippen LogP contribution in [0.4, 0.5) is 5.69 Å². The molecule has 0 aliphatic heterocycles. The third-order valence-electron chi connectivity index (χ3n) is 4.56. The molecule has 0 fully saturated rings. The molecule has 28 heavy (non-hydrogen) atoms. The van der Waals surface area contributed by atoms with Crippen molar-refractivity contribution in [1.29, 1.82) is 0 Å². The Morgan fingerprint density at radius 1 is 1.07 bits per heavy atom. The second-order valence-electron chi connectivity index (χ2n) is 6.54. The summed E-state index contributed by atoms with van der Waals surface area (Å²) in [7, 11) is 1.56. The van der Waals surface area contributed by atoms with Crippen LogP contribution in [0.25, 0.3) is 6.08 Å². The van der Waals surface area contributed by atoms with Crippen LogP contribution in [0.5, 0.6) is 5.75 Å². The largest absolute Gasteiger partial charge is 0.496 e. The monoisotopic (exact) mass is 381 g/mol. The van der Waals surface area contributed by atoms with Crippen LogP contribution in [0.3, 0.4) is 0 Å². The highest BCUT2D eigenvalue weighted by Gasteiger charge is 2.19. The van der Waals surface area contributed by atoms with Gasteiger partial charge in [0, 0.05) is 17.3 Å². The highest BCUT2D eigenvalue weighted by Crippen LogP contribution is 2.26. The van der Waals surface area contributed by atoms with Crippen molar-refractivity contribution in [2.45, 2.75) is 39.2 Å². The third kappa shape index (κ3) is 5.71. The van der Waals surface area contributed by atoms with Gasteiger partial charge in [-0.15, -0.1) is 0 Å². The zero-order valence-corrected chi connectivity index (χ0v) is 16.8. The van der Waals surface area contributed by atoms with E-state index in [0.717, 1.165) is 23.2 Å². The molecule has 2 aromatic rings. The lowest BCUT2D eigenvalue weighted by atomic mass is 9.97. The van der Waals surface area contributed by atoms with Gasteiger partial charge in [-0.25, -0.2) is 4.79 Å². The molecule has 0 aromatic heterocycles. The summed E-state index contributed by atoms with van der Waals surface area (Å²) in [5, 5.41) is 2.86. The number of anilines is 1. The Kier molecular flexibility index (Phi) is 7.81. The van der Waals surface area contributed by atoms with Gasteiger partial charge in [-0.1, -0.05) is 50.2 Å². The number of nitrogens with one attached hydrogen (secondary N) is 1. The summed E-state index contributed by atoms with van der Waals surface area (Å²) in [6.45, 7) is 5.76.